The molecule has 0 atom stereocenters. The van der Waals surface area contributed by atoms with E-state index in [-0.39, 0.29) is 22.8 Å². The van der Waals surface area contributed by atoms with Crippen LogP contribution in [0.3, 0.4) is 0 Å². The van der Waals surface area contributed by atoms with E-state index in [4.69, 9.17) is 10.5 Å². The molecule has 0 aliphatic rings. The number of aromatic nitrogens is 3. The number of nitrogens with one attached hydrogen (secondary N) is 1. The number of primary amides is 1. The number of aryl methyl sites for hydroxylation is 3. The Labute approximate surface area is 219 Å². The van der Waals surface area contributed by atoms with Crippen LogP contribution in [-0.2, 0) is 28.4 Å². The molecule has 0 aliphatic heterocycles. The van der Waals surface area contributed by atoms with Gasteiger partial charge in [0.25, 0.3) is 15.9 Å². The van der Waals surface area contributed by atoms with Crippen molar-refractivity contribution >= 4 is 27.5 Å². The van der Waals surface area contributed by atoms with Crippen molar-refractivity contribution in [2.24, 2.45) is 17.2 Å². The molecule has 0 saturated heterocycles. The van der Waals surface area contributed by atoms with Gasteiger partial charge in [-0.2, -0.15) is 13.5 Å². The van der Waals surface area contributed by atoms with Crippen molar-refractivity contribution in [1.29, 1.82) is 0 Å². The third-order valence-electron chi connectivity index (χ3n) is 5.39. The number of rotatable bonds is 8. The van der Waals surface area contributed by atoms with Crippen molar-refractivity contribution in [2.75, 3.05) is 5.32 Å². The van der Waals surface area contributed by atoms with Crippen molar-refractivity contribution in [3.63, 3.8) is 0 Å². The Morgan fingerprint density at radius 2 is 1.76 bits per heavy atom. The van der Waals surface area contributed by atoms with Crippen LogP contribution in [0, 0.1) is 13.8 Å². The number of amides is 2. The number of nitrogens with zero attached hydrogens (tertiary/aromatic N) is 4. The highest BCUT2D eigenvalue weighted by molar-refractivity contribution is 7.90. The molecule has 3 N–H and O–H groups in total. The largest absolute Gasteiger partial charge is 0.456 e. The van der Waals surface area contributed by atoms with Gasteiger partial charge in [-0.05, 0) is 56.3 Å². The maximum atomic E-state index is 12.8. The van der Waals surface area contributed by atoms with Crippen LogP contribution < -0.4 is 21.3 Å². The molecule has 12 heteroatoms. The van der Waals surface area contributed by atoms with Gasteiger partial charge >= 0.3 is 0 Å². The van der Waals surface area contributed by atoms with Crippen LogP contribution in [-0.4, -0.2) is 34.6 Å². The summed E-state index contributed by atoms with van der Waals surface area (Å²) in [4.78, 5) is 24.3. The average Bonchev–Trinajstić information content (AvgIpc) is 3.19. The van der Waals surface area contributed by atoms with E-state index in [1.165, 1.54) is 39.7 Å². The number of hydrogen-bond donors (Lipinski definition) is 2. The summed E-state index contributed by atoms with van der Waals surface area (Å²) >= 11 is 0. The van der Waals surface area contributed by atoms with E-state index in [9.17, 15) is 18.0 Å². The molecule has 0 aliphatic carbocycles. The molecule has 0 fully saturated rings. The van der Waals surface area contributed by atoms with E-state index in [0.29, 0.717) is 22.9 Å². The average molecular weight is 535 g/mol. The number of hydrogen-bond acceptors (Lipinski definition) is 6. The highest BCUT2D eigenvalue weighted by Gasteiger charge is 2.14. The van der Waals surface area contributed by atoms with E-state index in [0.717, 1.165) is 11.3 Å². The Morgan fingerprint density at radius 3 is 2.42 bits per heavy atom. The molecule has 2 aromatic heterocycles. The van der Waals surface area contributed by atoms with Gasteiger partial charge in [0.15, 0.2) is 0 Å². The predicted molar refractivity (Wildman–Crippen MR) is 140 cm³/mol. The number of anilines is 1. The van der Waals surface area contributed by atoms with Crippen molar-refractivity contribution in [1.82, 2.24) is 14.3 Å². The van der Waals surface area contributed by atoms with E-state index in [1.807, 2.05) is 6.92 Å². The number of ether oxygens (including phenoxy) is 1. The Hall–Kier alpha value is -4.71. The van der Waals surface area contributed by atoms with Crippen LogP contribution in [0.1, 0.15) is 21.7 Å². The second-order valence-corrected chi connectivity index (χ2v) is 10.2. The molecular weight excluding hydrogens is 508 g/mol. The Kier molecular flexibility index (Phi) is 7.44. The second kappa shape index (κ2) is 10.7. The maximum Gasteiger partial charge on any atom is 0.284 e. The number of carbonyl (C=O) groups excluding carboxylic acids is 2. The lowest BCUT2D eigenvalue weighted by molar-refractivity contribution is -0.118. The highest BCUT2D eigenvalue weighted by Crippen LogP contribution is 2.24. The quantitative estimate of drug-likeness (QED) is 0.355. The zero-order valence-electron chi connectivity index (χ0n) is 21.0. The van der Waals surface area contributed by atoms with Gasteiger partial charge < -0.3 is 20.4 Å². The minimum Gasteiger partial charge on any atom is -0.456 e. The fourth-order valence-electron chi connectivity index (χ4n) is 3.63. The summed E-state index contributed by atoms with van der Waals surface area (Å²) < 4.78 is 38.2. The molecule has 0 saturated carbocycles. The molecule has 4 rings (SSSR count). The van der Waals surface area contributed by atoms with Gasteiger partial charge in [-0.25, -0.2) is 0 Å². The topological polar surface area (TPSA) is 151 Å². The zero-order valence-corrected chi connectivity index (χ0v) is 21.8. The number of sulfonamides is 1. The van der Waals surface area contributed by atoms with Gasteiger partial charge in [0.1, 0.15) is 29.2 Å². The van der Waals surface area contributed by atoms with Crippen molar-refractivity contribution in [2.45, 2.75) is 25.3 Å². The Balaban J connectivity index is 1.60. The summed E-state index contributed by atoms with van der Waals surface area (Å²) in [6.45, 7) is 3.32. The van der Waals surface area contributed by atoms with Crippen LogP contribution in [0.5, 0.6) is 11.5 Å². The van der Waals surface area contributed by atoms with Gasteiger partial charge in [0.2, 0.25) is 5.91 Å². The third kappa shape index (κ3) is 6.34. The molecule has 0 spiro atoms. The van der Waals surface area contributed by atoms with E-state index < -0.39 is 15.9 Å². The molecule has 196 valence electrons. The fourth-order valence-corrected chi connectivity index (χ4v) is 4.63. The lowest BCUT2D eigenvalue weighted by Gasteiger charge is -2.12. The molecule has 0 radical (unpaired) electrons. The molecule has 0 bridgehead atoms. The highest BCUT2D eigenvalue weighted by atomic mass is 32.2. The first kappa shape index (κ1) is 26.4. The van der Waals surface area contributed by atoms with Crippen LogP contribution in [0.2, 0.25) is 0 Å². The van der Waals surface area contributed by atoms with Crippen LogP contribution >= 0.6 is 0 Å². The molecule has 2 aromatic carbocycles. The van der Waals surface area contributed by atoms with Gasteiger partial charge in [0.05, 0.1) is 10.6 Å². The SMILES string of the molecule is Cc1ccc(S(=O)(=O)/N=c2/ccc(Oc3cccc(NC(=O)c4cc(C)nn4C)c3)cn2CC(N)=O)cc1. The molecule has 0 unspecified atom stereocenters. The zero-order chi connectivity index (χ0) is 27.4. The molecule has 4 aromatic rings. The van der Waals surface area contributed by atoms with E-state index in [1.54, 1.807) is 56.4 Å². The lowest BCUT2D eigenvalue weighted by atomic mass is 10.2. The van der Waals surface area contributed by atoms with Gasteiger partial charge in [0, 0.05) is 25.0 Å². The molecule has 2 heterocycles. The minimum atomic E-state index is -4.04. The van der Waals surface area contributed by atoms with Gasteiger partial charge in [-0.3, -0.25) is 14.3 Å². The van der Waals surface area contributed by atoms with Gasteiger partial charge in [-0.15, -0.1) is 4.40 Å². The summed E-state index contributed by atoms with van der Waals surface area (Å²) in [6, 6.07) is 17.6. The smallest absolute Gasteiger partial charge is 0.284 e. The van der Waals surface area contributed by atoms with Crippen molar-refractivity contribution < 1.29 is 22.7 Å². The second-order valence-electron chi connectivity index (χ2n) is 8.58. The first-order valence-electron chi connectivity index (χ1n) is 11.5. The molecular formula is C26H26N6O5S. The Bertz CT molecular complexity index is 1690. The van der Waals surface area contributed by atoms with Crippen molar-refractivity contribution in [3.05, 3.63) is 95.4 Å². The summed E-state index contributed by atoms with van der Waals surface area (Å²) in [7, 11) is -2.35. The maximum absolute atomic E-state index is 12.8. The van der Waals surface area contributed by atoms with Crippen LogP contribution in [0.25, 0.3) is 0 Å². The minimum absolute atomic E-state index is 0.00390. The predicted octanol–water partition coefficient (Wildman–Crippen LogP) is 2.66. The normalized spacial score (nSPS) is 11.8. The summed E-state index contributed by atoms with van der Waals surface area (Å²) in [5, 5.41) is 6.98. The number of benzene rings is 2. The summed E-state index contributed by atoms with van der Waals surface area (Å²) in [5.41, 5.74) is 7.91. The molecule has 11 nitrogen and oxygen atoms in total. The number of nitrogens with two attached hydrogens (primary N) is 1. The fraction of sp³-hybridized carbons (Fsp3) is 0.154. The summed E-state index contributed by atoms with van der Waals surface area (Å²) in [6.07, 6.45) is 1.43. The first-order valence-corrected chi connectivity index (χ1v) is 12.9. The lowest BCUT2D eigenvalue weighted by Crippen LogP contribution is -2.28. The summed E-state index contributed by atoms with van der Waals surface area (Å²) in [5.74, 6) is -0.327. The van der Waals surface area contributed by atoms with E-state index >= 15 is 0 Å². The molecule has 38 heavy (non-hydrogen) atoms. The van der Waals surface area contributed by atoms with Gasteiger partial charge in [-0.1, -0.05) is 23.8 Å². The number of pyridine rings is 1. The monoisotopic (exact) mass is 534 g/mol. The van der Waals surface area contributed by atoms with E-state index in [2.05, 4.69) is 14.8 Å². The third-order valence-corrected chi connectivity index (χ3v) is 6.69. The standard InChI is InChI=1S/C26H26N6O5S/c1-17-7-10-22(11-8-17)38(35,36)30-25-12-9-21(15-32(25)16-24(27)33)37-20-6-4-5-19(14-20)28-26(34)23-13-18(2)29-31(23)3/h4-15H,16H2,1-3H3,(H2,27,33)(H,28,34)/b30-25-. The first-order chi connectivity index (χ1) is 18.0. The van der Waals surface area contributed by atoms with Crippen molar-refractivity contribution in [3.8, 4) is 11.5 Å². The molecule has 2 amide bonds. The Morgan fingerprint density at radius 1 is 1.03 bits per heavy atom. The van der Waals surface area contributed by atoms with Crippen LogP contribution in [0.15, 0.2) is 82.2 Å². The number of carbonyl (C=O) groups is 2. The van der Waals surface area contributed by atoms with Crippen LogP contribution in [0.4, 0.5) is 5.69 Å².